The second-order valence-corrected chi connectivity index (χ2v) is 14.3. The lowest BCUT2D eigenvalue weighted by Crippen LogP contribution is -2.35. The van der Waals surface area contributed by atoms with E-state index >= 15 is 4.39 Å². The molecule has 4 aromatic heterocycles. The van der Waals surface area contributed by atoms with Crippen LogP contribution in [0.3, 0.4) is 0 Å². The van der Waals surface area contributed by atoms with Crippen molar-refractivity contribution in [2.45, 2.75) is 49.1 Å². The van der Waals surface area contributed by atoms with E-state index in [0.29, 0.717) is 0 Å². The zero-order chi connectivity index (χ0) is 32.2. The fourth-order valence-corrected chi connectivity index (χ4v) is 6.82. The molecule has 0 spiro atoms. The van der Waals surface area contributed by atoms with E-state index in [1.807, 2.05) is 0 Å². The van der Waals surface area contributed by atoms with Gasteiger partial charge in [0.15, 0.2) is 41.3 Å². The van der Waals surface area contributed by atoms with Crippen LogP contribution in [0.15, 0.2) is 23.8 Å². The van der Waals surface area contributed by atoms with Gasteiger partial charge in [-0.1, -0.05) is 0 Å². The molecule has 8 N–H and O–H groups in total. The fraction of sp³-hybridized carbons (Fsp3) is 0.500. The highest BCUT2D eigenvalue weighted by Gasteiger charge is 2.50. The van der Waals surface area contributed by atoms with Gasteiger partial charge in [-0.3, -0.25) is 23.4 Å². The lowest BCUT2D eigenvalue weighted by Gasteiger charge is -2.27. The first-order valence-electron chi connectivity index (χ1n) is 12.8. The van der Waals surface area contributed by atoms with Crippen LogP contribution in [0.2, 0.25) is 0 Å². The molecule has 0 amide bonds. The van der Waals surface area contributed by atoms with Gasteiger partial charge in [-0.15, -0.1) is 4.52 Å². The van der Waals surface area contributed by atoms with Gasteiger partial charge < -0.3 is 40.6 Å². The van der Waals surface area contributed by atoms with Gasteiger partial charge in [-0.2, -0.15) is 4.98 Å². The summed E-state index contributed by atoms with van der Waals surface area (Å²) < 4.78 is 56.6. The molecule has 10 unspecified atom stereocenters. The van der Waals surface area contributed by atoms with Crippen LogP contribution in [0.25, 0.3) is 22.3 Å². The SMILES string of the molecule is Nc1nc2c(ncn2C2OC(CO[P+](=O)S)C(O)C2OP(O)(=S)OCC2OC(n3cnc4c(N)ncnc43)C(F)C2O)c(=O)[nH]1. The number of aromatic nitrogens is 8. The molecular weight excluding hydrogens is 685 g/mol. The number of ether oxygens (including phenoxy) is 2. The molecule has 242 valence electrons. The molecule has 0 saturated carbocycles. The molecule has 4 aromatic rings. The zero-order valence-electron chi connectivity index (χ0n) is 22.4. The molecule has 25 heteroatoms. The Bertz CT molecular complexity index is 1870. The highest BCUT2D eigenvalue weighted by atomic mass is 32.7. The second kappa shape index (κ2) is 12.4. The first-order valence-corrected chi connectivity index (χ1v) is 17.7. The number of nitrogens with one attached hydrogen (secondary N) is 1. The first-order chi connectivity index (χ1) is 21.3. The zero-order valence-corrected chi connectivity index (χ0v) is 25.9. The average Bonchev–Trinajstić information content (AvgIpc) is 3.73. The van der Waals surface area contributed by atoms with Gasteiger partial charge in [-0.05, 0) is 16.4 Å². The predicted octanol–water partition coefficient (Wildman–Crippen LogP) is -0.799. The molecule has 0 aromatic carbocycles. The minimum atomic E-state index is -4.32. The Hall–Kier alpha value is -2.79. The number of rotatable bonds is 10. The summed E-state index contributed by atoms with van der Waals surface area (Å²) in [5.74, 6) is -0.183. The molecule has 0 aliphatic carbocycles. The van der Waals surface area contributed by atoms with Gasteiger partial charge in [0, 0.05) is 0 Å². The molecule has 2 saturated heterocycles. The Morgan fingerprint density at radius 3 is 2.47 bits per heavy atom. The molecule has 45 heavy (non-hydrogen) atoms. The summed E-state index contributed by atoms with van der Waals surface area (Å²) >= 11 is 8.83. The van der Waals surface area contributed by atoms with E-state index in [0.717, 1.165) is 12.7 Å². The lowest BCUT2D eigenvalue weighted by atomic mass is 10.1. The molecule has 0 radical (unpaired) electrons. The van der Waals surface area contributed by atoms with E-state index in [1.54, 1.807) is 0 Å². The third-order valence-corrected chi connectivity index (χ3v) is 9.27. The van der Waals surface area contributed by atoms with Crippen LogP contribution < -0.4 is 17.0 Å². The highest BCUT2D eigenvalue weighted by Crippen LogP contribution is 2.50. The monoisotopic (exact) mass is 709 g/mol. The summed E-state index contributed by atoms with van der Waals surface area (Å²) in [4.78, 5) is 45.6. The Morgan fingerprint density at radius 1 is 1.07 bits per heavy atom. The van der Waals surface area contributed by atoms with Gasteiger partial charge in [0.05, 0.1) is 19.3 Å². The van der Waals surface area contributed by atoms with E-state index in [9.17, 15) is 24.5 Å². The van der Waals surface area contributed by atoms with Gasteiger partial charge in [0.25, 0.3) is 5.56 Å². The van der Waals surface area contributed by atoms with E-state index in [-0.39, 0.29) is 34.1 Å². The van der Waals surface area contributed by atoms with Crippen molar-refractivity contribution in [1.82, 2.24) is 39.0 Å². The molecule has 2 aliphatic heterocycles. The Labute approximate surface area is 261 Å². The van der Waals surface area contributed by atoms with Gasteiger partial charge in [0.1, 0.15) is 61.2 Å². The number of halogens is 1. The molecule has 2 aliphatic rings. The summed E-state index contributed by atoms with van der Waals surface area (Å²) in [6, 6.07) is 0. The number of anilines is 2. The van der Waals surface area contributed by atoms with Crippen LogP contribution in [-0.4, -0.2) is 104 Å². The number of nitrogens with two attached hydrogens (primary N) is 2. The Balaban J connectivity index is 1.20. The van der Waals surface area contributed by atoms with Crippen molar-refractivity contribution in [3.05, 3.63) is 29.3 Å². The van der Waals surface area contributed by atoms with Crippen LogP contribution in [0.1, 0.15) is 12.5 Å². The van der Waals surface area contributed by atoms with Crippen molar-refractivity contribution in [3.63, 3.8) is 0 Å². The van der Waals surface area contributed by atoms with Crippen molar-refractivity contribution >= 4 is 72.1 Å². The van der Waals surface area contributed by atoms with Crippen molar-refractivity contribution in [2.24, 2.45) is 0 Å². The van der Waals surface area contributed by atoms with E-state index in [1.165, 1.54) is 15.5 Å². The predicted molar refractivity (Wildman–Crippen MR) is 157 cm³/mol. The number of thiol groups is 1. The summed E-state index contributed by atoms with van der Waals surface area (Å²) in [5, 5.41) is 21.6. The minimum absolute atomic E-state index is 0.0578. The largest absolute Gasteiger partial charge is 0.582 e. The number of hydrogen-bond donors (Lipinski definition) is 7. The quantitative estimate of drug-likeness (QED) is 0.0784. The van der Waals surface area contributed by atoms with Crippen LogP contribution in [0.5, 0.6) is 0 Å². The normalized spacial score (nSPS) is 30.3. The number of H-pyrrole nitrogens is 1. The number of alkyl halides is 1. The van der Waals surface area contributed by atoms with Crippen molar-refractivity contribution < 1.29 is 47.1 Å². The van der Waals surface area contributed by atoms with Crippen LogP contribution in [-0.2, 0) is 39.4 Å². The number of aromatic amines is 1. The molecular formula is C20H24FN10O10P2S2+. The highest BCUT2D eigenvalue weighted by molar-refractivity contribution is 8.39. The standard InChI is InChI=1S/C20H23FN10O10P2S2/c21-8-11(32)7(39-18(8)30-4-26-9-14(22)24-3-25-15(9)30)2-38-43(36,45)41-13-12(33)6(1-37-42(35)44)40-19(13)31-5-27-10-16(31)28-20(23)29-17(10)34/h3-8,11-13,18-19,32-33H,1-2H2,(H6-,22,23,24,25,28,29,34,35,36,44,45)/p+1. The summed E-state index contributed by atoms with van der Waals surface area (Å²) in [6.07, 6.45) is -8.53. The fourth-order valence-electron chi connectivity index (χ4n) is 4.93. The average molecular weight is 710 g/mol. The minimum Gasteiger partial charge on any atom is -0.387 e. The topological polar surface area (TPSA) is 283 Å². The maximum Gasteiger partial charge on any atom is 0.582 e. The Morgan fingerprint density at radius 2 is 1.73 bits per heavy atom. The third kappa shape index (κ3) is 6.19. The van der Waals surface area contributed by atoms with Crippen molar-refractivity contribution in [3.8, 4) is 0 Å². The summed E-state index contributed by atoms with van der Waals surface area (Å²) in [7, 11) is -2.38. The van der Waals surface area contributed by atoms with E-state index in [2.05, 4.69) is 42.2 Å². The molecule has 6 heterocycles. The van der Waals surface area contributed by atoms with Gasteiger partial charge in [-0.25, -0.2) is 24.3 Å². The second-order valence-electron chi connectivity index (χ2n) is 9.78. The van der Waals surface area contributed by atoms with Crippen LogP contribution >= 0.6 is 26.2 Å². The van der Waals surface area contributed by atoms with Crippen molar-refractivity contribution in [1.29, 1.82) is 0 Å². The first kappa shape index (κ1) is 32.2. The molecule has 0 bridgehead atoms. The molecule has 10 atom stereocenters. The summed E-state index contributed by atoms with van der Waals surface area (Å²) in [5.41, 5.74) is 11.0. The van der Waals surface area contributed by atoms with Crippen LogP contribution in [0.4, 0.5) is 16.2 Å². The van der Waals surface area contributed by atoms with E-state index in [4.69, 9.17) is 46.3 Å². The maximum atomic E-state index is 15.2. The number of nitrogens with zero attached hydrogens (tertiary/aromatic N) is 7. The number of aliphatic hydroxyl groups is 2. The number of aliphatic hydroxyl groups excluding tert-OH is 2. The Kier molecular flexibility index (Phi) is 8.89. The third-order valence-electron chi connectivity index (χ3n) is 7.00. The molecule has 20 nitrogen and oxygen atoms in total. The molecule has 6 rings (SSSR count). The van der Waals surface area contributed by atoms with Gasteiger partial charge >= 0.3 is 13.9 Å². The van der Waals surface area contributed by atoms with Crippen molar-refractivity contribution in [2.75, 3.05) is 24.7 Å². The smallest absolute Gasteiger partial charge is 0.387 e. The van der Waals surface area contributed by atoms with E-state index < -0.39 is 81.9 Å². The number of nitrogen functional groups attached to an aromatic ring is 2. The molecule has 2 fully saturated rings. The number of imidazole rings is 2. The lowest BCUT2D eigenvalue weighted by molar-refractivity contribution is -0.0536. The van der Waals surface area contributed by atoms with Gasteiger partial charge in [0.2, 0.25) is 5.95 Å². The summed E-state index contributed by atoms with van der Waals surface area (Å²) in [6.45, 7) is -5.39. The number of hydrogen-bond acceptors (Lipinski definition) is 17. The van der Waals surface area contributed by atoms with Crippen LogP contribution in [0, 0.1) is 0 Å². The maximum absolute atomic E-state index is 15.2. The number of fused-ring (bicyclic) bond motifs is 2.